The molecule has 0 rings (SSSR count). The Morgan fingerprint density at radius 3 is 1.00 bits per heavy atom. The zero-order chi connectivity index (χ0) is 2.71. The number of hydrogen-bond donors (Lipinski definition) is 0. The zero-order valence-corrected chi connectivity index (χ0v) is 8.68. The Kier molecular flexibility index (Phi) is 50.1. The van der Waals surface area contributed by atoms with Crippen LogP contribution in [0.25, 0.3) is 0 Å². The maximum atomic E-state index is 4.26. The van der Waals surface area contributed by atoms with E-state index in [1.54, 1.807) is 0 Å². The van der Waals surface area contributed by atoms with E-state index >= 15 is 0 Å². The Labute approximate surface area is 85.3 Å². The fraction of sp³-hybridized carbons (Fsp3) is 0. The summed E-state index contributed by atoms with van der Waals surface area (Å²) in [5.74, 6) is 0. The first-order valence-corrected chi connectivity index (χ1v) is 0.926. The van der Waals surface area contributed by atoms with Gasteiger partial charge in [-0.2, -0.15) is 3.84 Å². The monoisotopic (exact) mass is 132 g/mol. The third-order valence-corrected chi connectivity index (χ3v) is 0. The minimum atomic E-state index is 0. The SMILES string of the molecule is ClOCl.[Na].[Na]. The van der Waals surface area contributed by atoms with Crippen LogP contribution in [0.5, 0.6) is 0 Å². The predicted molar refractivity (Wildman–Crippen MR) is 24.3 cm³/mol. The molecule has 0 aromatic heterocycles. The van der Waals surface area contributed by atoms with Gasteiger partial charge in [-0.1, -0.05) is 0 Å². The Hall–Kier alpha value is 2.54. The molecule has 0 amide bonds. The van der Waals surface area contributed by atoms with Gasteiger partial charge < -0.3 is 0 Å². The van der Waals surface area contributed by atoms with E-state index in [4.69, 9.17) is 0 Å². The average molecular weight is 133 g/mol. The van der Waals surface area contributed by atoms with Crippen LogP contribution in [0.4, 0.5) is 0 Å². The van der Waals surface area contributed by atoms with Gasteiger partial charge in [-0.3, -0.25) is 0 Å². The minimum Gasteiger partial charge on any atom is -0.166 e. The Bertz CT molecular complexity index is 7.61. The summed E-state index contributed by atoms with van der Waals surface area (Å²) in [6, 6.07) is 0. The summed E-state index contributed by atoms with van der Waals surface area (Å²) in [5.41, 5.74) is 0. The van der Waals surface area contributed by atoms with Gasteiger partial charge in [0.15, 0.2) is 0 Å². The van der Waals surface area contributed by atoms with Crippen molar-refractivity contribution < 1.29 is 3.84 Å². The van der Waals surface area contributed by atoms with Gasteiger partial charge in [-0.25, -0.2) is 0 Å². The molecule has 0 fully saturated rings. The molecule has 0 heterocycles. The summed E-state index contributed by atoms with van der Waals surface area (Å²) in [6.07, 6.45) is 0. The number of halogens is 2. The molecular weight excluding hydrogens is 133 g/mol. The van der Waals surface area contributed by atoms with Gasteiger partial charge in [-0.05, 0) is 0 Å². The summed E-state index contributed by atoms with van der Waals surface area (Å²) in [5, 5.41) is 0. The van der Waals surface area contributed by atoms with Crippen molar-refractivity contribution in [3.05, 3.63) is 0 Å². The average Bonchev–Trinajstić information content (AvgIpc) is 0.918. The van der Waals surface area contributed by atoms with Crippen LogP contribution in [0.1, 0.15) is 0 Å². The van der Waals surface area contributed by atoms with Gasteiger partial charge in [0.1, 0.15) is 0 Å². The van der Waals surface area contributed by atoms with Gasteiger partial charge in [0, 0.05) is 59.1 Å². The number of hydrogen-bond acceptors (Lipinski definition) is 1. The molecule has 0 aliphatic carbocycles. The summed E-state index contributed by atoms with van der Waals surface area (Å²) in [7, 11) is 0. The molecule has 0 spiro atoms. The topological polar surface area (TPSA) is 9.23 Å². The second kappa shape index (κ2) is 16.0. The van der Waals surface area contributed by atoms with Crippen molar-refractivity contribution in [3.63, 3.8) is 0 Å². The molecule has 5 heteroatoms. The van der Waals surface area contributed by atoms with Crippen LogP contribution >= 0.6 is 23.7 Å². The van der Waals surface area contributed by atoms with Gasteiger partial charge in [0.05, 0.1) is 23.7 Å². The zero-order valence-electron chi connectivity index (χ0n) is 3.16. The van der Waals surface area contributed by atoms with Crippen molar-refractivity contribution in [2.75, 3.05) is 0 Å². The molecule has 0 saturated carbocycles. The van der Waals surface area contributed by atoms with Crippen molar-refractivity contribution in [3.8, 4) is 0 Å². The molecule has 0 bridgehead atoms. The molecule has 0 aromatic rings. The molecule has 0 aliphatic rings. The van der Waals surface area contributed by atoms with E-state index in [1.165, 1.54) is 0 Å². The first-order chi connectivity index (χ1) is 1.41. The maximum Gasteiger partial charge on any atom is 0.0832 e. The van der Waals surface area contributed by atoms with Gasteiger partial charge >= 0.3 is 0 Å². The molecule has 0 atom stereocenters. The molecular formula is Cl2Na2O. The van der Waals surface area contributed by atoms with Crippen LogP contribution in [0.2, 0.25) is 0 Å². The fourth-order valence-corrected chi connectivity index (χ4v) is 0. The van der Waals surface area contributed by atoms with Gasteiger partial charge in [0.25, 0.3) is 0 Å². The van der Waals surface area contributed by atoms with Crippen molar-refractivity contribution in [2.45, 2.75) is 0 Å². The largest absolute Gasteiger partial charge is 0.166 e. The van der Waals surface area contributed by atoms with E-state index in [-0.39, 0.29) is 59.1 Å². The third kappa shape index (κ3) is 20.9. The second-order valence-corrected chi connectivity index (χ2v) is 0.525. The van der Waals surface area contributed by atoms with Crippen molar-refractivity contribution in [1.82, 2.24) is 0 Å². The van der Waals surface area contributed by atoms with Gasteiger partial charge in [0.2, 0.25) is 0 Å². The molecule has 0 unspecified atom stereocenters. The van der Waals surface area contributed by atoms with Crippen molar-refractivity contribution >= 4 is 82.8 Å². The van der Waals surface area contributed by atoms with Crippen LogP contribution in [0.15, 0.2) is 0 Å². The molecule has 2 radical (unpaired) electrons. The molecule has 5 heavy (non-hydrogen) atoms. The normalized spacial score (nSPS) is 3.60. The summed E-state index contributed by atoms with van der Waals surface area (Å²) in [4.78, 5) is 0. The number of rotatable bonds is 0. The Morgan fingerprint density at radius 2 is 1.00 bits per heavy atom. The fourth-order valence-electron chi connectivity index (χ4n) is 0. The van der Waals surface area contributed by atoms with Crippen molar-refractivity contribution in [2.24, 2.45) is 0 Å². The van der Waals surface area contributed by atoms with Gasteiger partial charge in [-0.15, -0.1) is 0 Å². The van der Waals surface area contributed by atoms with Crippen LogP contribution < -0.4 is 0 Å². The van der Waals surface area contributed by atoms with Crippen LogP contribution in [-0.4, -0.2) is 59.1 Å². The van der Waals surface area contributed by atoms with Crippen LogP contribution in [0, 0.1) is 0 Å². The third-order valence-electron chi connectivity index (χ3n) is 0. The van der Waals surface area contributed by atoms with Crippen LogP contribution in [-0.2, 0) is 3.84 Å². The van der Waals surface area contributed by atoms with E-state index in [0.717, 1.165) is 0 Å². The molecule has 0 aromatic carbocycles. The van der Waals surface area contributed by atoms with E-state index in [1.807, 2.05) is 0 Å². The first-order valence-electron chi connectivity index (χ1n) is 0.309. The van der Waals surface area contributed by atoms with Crippen molar-refractivity contribution in [1.29, 1.82) is 0 Å². The maximum absolute atomic E-state index is 4.26. The van der Waals surface area contributed by atoms with Crippen LogP contribution in [0.3, 0.4) is 0 Å². The van der Waals surface area contributed by atoms with E-state index in [9.17, 15) is 0 Å². The summed E-state index contributed by atoms with van der Waals surface area (Å²) >= 11 is 8.53. The smallest absolute Gasteiger partial charge is 0.0832 e. The van der Waals surface area contributed by atoms with E-state index in [0.29, 0.717) is 0 Å². The Morgan fingerprint density at radius 1 is 1.00 bits per heavy atom. The standard InChI is InChI=1S/Cl2O.2Na/c1-3-2;;. The van der Waals surface area contributed by atoms with E-state index in [2.05, 4.69) is 27.6 Å². The second-order valence-electron chi connectivity index (χ2n) is 0.0583. The molecule has 1 nitrogen and oxygen atoms in total. The predicted octanol–water partition coefficient (Wildman–Crippen LogP) is 0.549. The quantitative estimate of drug-likeness (QED) is 0.438. The minimum absolute atomic E-state index is 0. The Balaban J connectivity index is -0.0000000200. The van der Waals surface area contributed by atoms with E-state index < -0.39 is 0 Å². The molecule has 0 aliphatic heterocycles. The summed E-state index contributed by atoms with van der Waals surface area (Å²) in [6.45, 7) is 0. The molecule has 0 saturated heterocycles. The molecule has 22 valence electrons. The summed E-state index contributed by atoms with van der Waals surface area (Å²) < 4.78 is 3.19. The molecule has 0 N–H and O–H groups in total. The first kappa shape index (κ1) is 15.6.